The average molecular weight is 468 g/mol. The molecule has 8 heteroatoms. The Labute approximate surface area is 182 Å². The van der Waals surface area contributed by atoms with Crippen LogP contribution in [0.1, 0.15) is 37.3 Å². The molecule has 4 heterocycles. The average Bonchev–Trinajstić information content (AvgIpc) is 3.36. The highest BCUT2D eigenvalue weighted by molar-refractivity contribution is 9.10. The molecule has 2 aliphatic heterocycles. The highest BCUT2D eigenvalue weighted by Gasteiger charge is 2.41. The Morgan fingerprint density at radius 3 is 2.97 bits per heavy atom. The van der Waals surface area contributed by atoms with Crippen molar-refractivity contribution in [2.24, 2.45) is 5.92 Å². The summed E-state index contributed by atoms with van der Waals surface area (Å²) >= 11 is 3.45. The highest BCUT2D eigenvalue weighted by atomic mass is 79.9. The number of anilines is 1. The van der Waals surface area contributed by atoms with E-state index < -0.39 is 0 Å². The minimum absolute atomic E-state index is 0.0349. The van der Waals surface area contributed by atoms with E-state index in [0.717, 1.165) is 46.7 Å². The lowest BCUT2D eigenvalue weighted by Gasteiger charge is -2.37. The van der Waals surface area contributed by atoms with Crippen molar-refractivity contribution in [2.45, 2.75) is 31.7 Å². The standard InChI is InChI=1S/C22H22BrN5O2/c23-16-6-7-17-18(11-16)25-26-21(17)28-13-15(10-20(28)29)22(30)27-9-2-1-5-19(27)14-4-3-8-24-12-14/h3-4,6-8,11-12,15,19H,1-2,5,9-10,13H2,(H,25,26)/t15-,19+/m0/s1. The lowest BCUT2D eigenvalue weighted by Crippen LogP contribution is -2.42. The van der Waals surface area contributed by atoms with Gasteiger partial charge in [0.2, 0.25) is 11.8 Å². The molecule has 2 aliphatic rings. The molecule has 2 fully saturated rings. The number of carbonyl (C=O) groups is 2. The smallest absolute Gasteiger partial charge is 0.229 e. The fourth-order valence-corrected chi connectivity index (χ4v) is 4.97. The molecule has 1 N–H and O–H groups in total. The predicted molar refractivity (Wildman–Crippen MR) is 117 cm³/mol. The number of halogens is 1. The van der Waals surface area contributed by atoms with Crippen LogP contribution < -0.4 is 4.90 Å². The summed E-state index contributed by atoms with van der Waals surface area (Å²) in [6.07, 6.45) is 6.83. The summed E-state index contributed by atoms with van der Waals surface area (Å²) in [6, 6.07) is 9.77. The first-order chi connectivity index (χ1) is 14.6. The minimum atomic E-state index is -0.350. The van der Waals surface area contributed by atoms with E-state index in [4.69, 9.17) is 0 Å². The number of H-pyrrole nitrogens is 1. The van der Waals surface area contributed by atoms with Gasteiger partial charge in [-0.2, -0.15) is 5.10 Å². The van der Waals surface area contributed by atoms with Gasteiger partial charge in [0.25, 0.3) is 0 Å². The molecule has 154 valence electrons. The number of hydrogen-bond acceptors (Lipinski definition) is 4. The fourth-order valence-electron chi connectivity index (χ4n) is 4.61. The molecule has 2 amide bonds. The molecule has 0 spiro atoms. The van der Waals surface area contributed by atoms with Gasteiger partial charge in [-0.05, 0) is 49.1 Å². The van der Waals surface area contributed by atoms with E-state index in [1.807, 2.05) is 41.4 Å². The number of fused-ring (bicyclic) bond motifs is 1. The summed E-state index contributed by atoms with van der Waals surface area (Å²) in [5, 5.41) is 8.23. The van der Waals surface area contributed by atoms with Gasteiger partial charge in [-0.25, -0.2) is 0 Å². The second kappa shape index (κ2) is 7.83. The van der Waals surface area contributed by atoms with E-state index >= 15 is 0 Å². The Balaban J connectivity index is 1.38. The van der Waals surface area contributed by atoms with Crippen LogP contribution in [0.5, 0.6) is 0 Å². The topological polar surface area (TPSA) is 82.2 Å². The maximum Gasteiger partial charge on any atom is 0.229 e. The Morgan fingerprint density at radius 2 is 2.13 bits per heavy atom. The zero-order chi connectivity index (χ0) is 20.7. The number of nitrogens with zero attached hydrogens (tertiary/aromatic N) is 4. The van der Waals surface area contributed by atoms with Crippen LogP contribution in [0.15, 0.2) is 47.2 Å². The van der Waals surface area contributed by atoms with Gasteiger partial charge in [0.1, 0.15) is 0 Å². The van der Waals surface area contributed by atoms with E-state index in [2.05, 4.69) is 31.1 Å². The largest absolute Gasteiger partial charge is 0.335 e. The molecular weight excluding hydrogens is 446 g/mol. The van der Waals surface area contributed by atoms with Crippen molar-refractivity contribution in [1.29, 1.82) is 0 Å². The molecular formula is C22H22BrN5O2. The summed E-state index contributed by atoms with van der Waals surface area (Å²) in [4.78, 5) is 34.1. The van der Waals surface area contributed by atoms with Gasteiger partial charge >= 0.3 is 0 Å². The summed E-state index contributed by atoms with van der Waals surface area (Å²) in [7, 11) is 0. The molecule has 0 bridgehead atoms. The second-order valence-corrected chi connectivity index (χ2v) is 8.89. The number of rotatable bonds is 3. The van der Waals surface area contributed by atoms with E-state index in [9.17, 15) is 9.59 Å². The number of likely N-dealkylation sites (tertiary alicyclic amines) is 1. The summed E-state index contributed by atoms with van der Waals surface area (Å²) in [6.45, 7) is 1.09. The molecule has 2 aromatic heterocycles. The van der Waals surface area contributed by atoms with Crippen molar-refractivity contribution in [3.63, 3.8) is 0 Å². The van der Waals surface area contributed by atoms with Crippen molar-refractivity contribution in [3.05, 3.63) is 52.8 Å². The number of hydrogen-bond donors (Lipinski definition) is 1. The Bertz CT molecular complexity index is 1100. The molecule has 30 heavy (non-hydrogen) atoms. The van der Waals surface area contributed by atoms with Crippen LogP contribution in [0.4, 0.5) is 5.82 Å². The van der Waals surface area contributed by atoms with Crippen molar-refractivity contribution in [1.82, 2.24) is 20.1 Å². The van der Waals surface area contributed by atoms with Crippen LogP contribution >= 0.6 is 15.9 Å². The molecule has 1 aromatic carbocycles. The summed E-state index contributed by atoms with van der Waals surface area (Å²) in [5.41, 5.74) is 1.92. The zero-order valence-electron chi connectivity index (χ0n) is 16.4. The number of amides is 2. The van der Waals surface area contributed by atoms with Gasteiger partial charge in [0, 0.05) is 41.8 Å². The molecule has 0 saturated carbocycles. The molecule has 0 unspecified atom stereocenters. The normalized spacial score (nSPS) is 22.1. The number of pyridine rings is 1. The van der Waals surface area contributed by atoms with Crippen LogP contribution in [0, 0.1) is 5.92 Å². The molecule has 0 radical (unpaired) electrons. The third-order valence-corrected chi connectivity index (χ3v) is 6.58. The van der Waals surface area contributed by atoms with E-state index in [-0.39, 0.29) is 30.2 Å². The third kappa shape index (κ3) is 3.39. The predicted octanol–water partition coefficient (Wildman–Crippen LogP) is 3.83. The number of aromatic amines is 1. The van der Waals surface area contributed by atoms with Crippen molar-refractivity contribution in [3.8, 4) is 0 Å². The summed E-state index contributed by atoms with van der Waals surface area (Å²) < 4.78 is 0.942. The maximum atomic E-state index is 13.4. The van der Waals surface area contributed by atoms with Gasteiger partial charge in [0.15, 0.2) is 5.82 Å². The minimum Gasteiger partial charge on any atom is -0.335 e. The lowest BCUT2D eigenvalue weighted by molar-refractivity contribution is -0.139. The first kappa shape index (κ1) is 19.2. The first-order valence-corrected chi connectivity index (χ1v) is 11.1. The van der Waals surface area contributed by atoms with Crippen LogP contribution in [0.2, 0.25) is 0 Å². The van der Waals surface area contributed by atoms with Crippen LogP contribution in [-0.4, -0.2) is 45.0 Å². The Kier molecular flexibility index (Phi) is 5.02. The van der Waals surface area contributed by atoms with Gasteiger partial charge in [-0.15, -0.1) is 0 Å². The fraction of sp³-hybridized carbons (Fsp3) is 0.364. The molecule has 0 aliphatic carbocycles. The summed E-state index contributed by atoms with van der Waals surface area (Å²) in [5.74, 6) is 0.249. The quantitative estimate of drug-likeness (QED) is 0.634. The zero-order valence-corrected chi connectivity index (χ0v) is 18.0. The Hall–Kier alpha value is -2.74. The van der Waals surface area contributed by atoms with Crippen LogP contribution in [-0.2, 0) is 9.59 Å². The number of piperidine rings is 1. The van der Waals surface area contributed by atoms with Gasteiger partial charge < -0.3 is 4.90 Å². The SMILES string of the molecule is O=C1C[C@H](C(=O)N2CCCC[C@@H]2c2cccnc2)CN1c1n[nH]c2cc(Br)ccc12. The number of carbonyl (C=O) groups excluding carboxylic acids is 2. The molecule has 2 atom stereocenters. The molecule has 2 saturated heterocycles. The monoisotopic (exact) mass is 467 g/mol. The van der Waals surface area contributed by atoms with Gasteiger partial charge in [-0.1, -0.05) is 22.0 Å². The maximum absolute atomic E-state index is 13.4. The highest BCUT2D eigenvalue weighted by Crippen LogP contribution is 2.35. The molecule has 3 aromatic rings. The number of nitrogens with one attached hydrogen (secondary N) is 1. The molecule has 5 rings (SSSR count). The van der Waals surface area contributed by atoms with Gasteiger partial charge in [0.05, 0.1) is 17.5 Å². The van der Waals surface area contributed by atoms with E-state index in [1.165, 1.54) is 0 Å². The van der Waals surface area contributed by atoms with Crippen molar-refractivity contribution in [2.75, 3.05) is 18.0 Å². The first-order valence-electron chi connectivity index (χ1n) is 10.3. The van der Waals surface area contributed by atoms with E-state index in [0.29, 0.717) is 12.4 Å². The van der Waals surface area contributed by atoms with Crippen LogP contribution in [0.3, 0.4) is 0 Å². The molecule has 7 nitrogen and oxygen atoms in total. The van der Waals surface area contributed by atoms with Crippen LogP contribution in [0.25, 0.3) is 10.9 Å². The van der Waals surface area contributed by atoms with Crippen molar-refractivity contribution < 1.29 is 9.59 Å². The van der Waals surface area contributed by atoms with E-state index in [1.54, 1.807) is 11.1 Å². The Morgan fingerprint density at radius 1 is 1.23 bits per heavy atom. The third-order valence-electron chi connectivity index (χ3n) is 6.09. The number of aromatic nitrogens is 3. The lowest BCUT2D eigenvalue weighted by atomic mass is 9.94. The van der Waals surface area contributed by atoms with Crippen molar-refractivity contribution >= 4 is 44.5 Å². The second-order valence-electron chi connectivity index (χ2n) is 7.97. The number of benzene rings is 1. The van der Waals surface area contributed by atoms with Gasteiger partial charge in [-0.3, -0.25) is 24.6 Å².